The van der Waals surface area contributed by atoms with E-state index in [0.717, 1.165) is 23.9 Å². The number of fused-ring (bicyclic) bond motifs is 1. The molecule has 0 aliphatic heterocycles. The number of amides is 1. The van der Waals surface area contributed by atoms with Gasteiger partial charge in [-0.1, -0.05) is 97.1 Å². The Morgan fingerprint density at radius 2 is 1.36 bits per heavy atom. The Labute approximate surface area is 210 Å². The lowest BCUT2D eigenvalue weighted by molar-refractivity contribution is 0.0904. The minimum absolute atomic E-state index is 0.0459. The second-order valence-corrected chi connectivity index (χ2v) is 8.80. The van der Waals surface area contributed by atoms with Gasteiger partial charge in [-0.2, -0.15) is 5.10 Å². The third-order valence-corrected chi connectivity index (χ3v) is 6.37. The summed E-state index contributed by atoms with van der Waals surface area (Å²) in [5.41, 5.74) is 4.39. The summed E-state index contributed by atoms with van der Waals surface area (Å²) in [6.45, 7) is 0.700. The first-order valence-corrected chi connectivity index (χ1v) is 12.1. The molecule has 5 nitrogen and oxygen atoms in total. The molecule has 1 N–H and O–H groups in total. The fraction of sp³-hybridized carbons (Fsp3) is 0.129. The molecule has 178 valence electrons. The Morgan fingerprint density at radius 1 is 0.750 bits per heavy atom. The zero-order valence-corrected chi connectivity index (χ0v) is 19.9. The molecule has 0 aliphatic carbocycles. The van der Waals surface area contributed by atoms with Crippen molar-refractivity contribution in [3.8, 4) is 0 Å². The van der Waals surface area contributed by atoms with Crippen molar-refractivity contribution >= 4 is 22.6 Å². The van der Waals surface area contributed by atoms with E-state index in [1.807, 2.05) is 35.1 Å². The Hall–Kier alpha value is -4.51. The SMILES string of the molecule is O=C(CNC(=O)c1ccc2cn(CCC(c3ccccc3)c3ccccc3)nc2c1)c1ccccc1. The monoisotopic (exact) mass is 473 g/mol. The number of carbonyl (C=O) groups is 2. The molecule has 0 saturated heterocycles. The first kappa shape index (κ1) is 23.2. The van der Waals surface area contributed by atoms with Crippen LogP contribution in [0.4, 0.5) is 0 Å². The van der Waals surface area contributed by atoms with Crippen molar-refractivity contribution in [1.29, 1.82) is 0 Å². The molecule has 0 bridgehead atoms. The van der Waals surface area contributed by atoms with Crippen LogP contribution in [0.3, 0.4) is 0 Å². The highest BCUT2D eigenvalue weighted by Crippen LogP contribution is 2.28. The van der Waals surface area contributed by atoms with Crippen LogP contribution in [0.15, 0.2) is 115 Å². The number of benzene rings is 4. The largest absolute Gasteiger partial charge is 0.345 e. The van der Waals surface area contributed by atoms with Crippen LogP contribution in [-0.2, 0) is 6.54 Å². The summed E-state index contributed by atoms with van der Waals surface area (Å²) >= 11 is 0. The second kappa shape index (κ2) is 10.8. The predicted octanol–water partition coefficient (Wildman–Crippen LogP) is 5.87. The van der Waals surface area contributed by atoms with Gasteiger partial charge in [0.1, 0.15) is 0 Å². The van der Waals surface area contributed by atoms with Crippen LogP contribution in [0, 0.1) is 0 Å². The van der Waals surface area contributed by atoms with Gasteiger partial charge in [-0.15, -0.1) is 0 Å². The Kier molecular flexibility index (Phi) is 6.99. The molecule has 5 heteroatoms. The fourth-order valence-corrected chi connectivity index (χ4v) is 4.47. The van der Waals surface area contributed by atoms with Gasteiger partial charge in [0.05, 0.1) is 12.1 Å². The summed E-state index contributed by atoms with van der Waals surface area (Å²) in [6.07, 6.45) is 2.92. The van der Waals surface area contributed by atoms with Crippen LogP contribution in [0.2, 0.25) is 0 Å². The van der Waals surface area contributed by atoms with Crippen molar-refractivity contribution in [2.75, 3.05) is 6.54 Å². The number of carbonyl (C=O) groups excluding carboxylic acids is 2. The molecule has 0 spiro atoms. The highest BCUT2D eigenvalue weighted by Gasteiger charge is 2.15. The van der Waals surface area contributed by atoms with Gasteiger partial charge in [0.25, 0.3) is 5.91 Å². The average molecular weight is 474 g/mol. The molecule has 0 radical (unpaired) electrons. The van der Waals surface area contributed by atoms with Crippen molar-refractivity contribution in [2.45, 2.75) is 18.9 Å². The summed E-state index contributed by atoms with van der Waals surface area (Å²) in [7, 11) is 0. The van der Waals surface area contributed by atoms with E-state index in [1.54, 1.807) is 36.4 Å². The van der Waals surface area contributed by atoms with Gasteiger partial charge in [0.2, 0.25) is 0 Å². The molecule has 5 rings (SSSR count). The van der Waals surface area contributed by atoms with Crippen molar-refractivity contribution < 1.29 is 9.59 Å². The van der Waals surface area contributed by atoms with Crippen molar-refractivity contribution in [2.24, 2.45) is 0 Å². The zero-order chi connectivity index (χ0) is 24.7. The van der Waals surface area contributed by atoms with E-state index in [2.05, 4.69) is 53.8 Å². The molecule has 5 aromatic rings. The maximum Gasteiger partial charge on any atom is 0.251 e. The van der Waals surface area contributed by atoms with Gasteiger partial charge in [-0.05, 0) is 29.7 Å². The van der Waals surface area contributed by atoms with E-state index in [4.69, 9.17) is 5.10 Å². The van der Waals surface area contributed by atoms with E-state index in [9.17, 15) is 9.59 Å². The summed E-state index contributed by atoms with van der Waals surface area (Å²) < 4.78 is 1.95. The molecule has 36 heavy (non-hydrogen) atoms. The third kappa shape index (κ3) is 5.41. The number of rotatable bonds is 9. The van der Waals surface area contributed by atoms with Gasteiger partial charge in [0, 0.05) is 35.2 Å². The number of nitrogens with zero attached hydrogens (tertiary/aromatic N) is 2. The van der Waals surface area contributed by atoms with Gasteiger partial charge in [0.15, 0.2) is 5.78 Å². The smallest absolute Gasteiger partial charge is 0.251 e. The zero-order valence-electron chi connectivity index (χ0n) is 19.9. The second-order valence-electron chi connectivity index (χ2n) is 8.80. The van der Waals surface area contributed by atoms with Gasteiger partial charge >= 0.3 is 0 Å². The predicted molar refractivity (Wildman–Crippen MR) is 142 cm³/mol. The normalized spacial score (nSPS) is 11.0. The topological polar surface area (TPSA) is 64.0 Å². The first-order valence-electron chi connectivity index (χ1n) is 12.1. The lowest BCUT2D eigenvalue weighted by Crippen LogP contribution is -2.29. The molecule has 1 aromatic heterocycles. The number of hydrogen-bond acceptors (Lipinski definition) is 3. The Balaban J connectivity index is 1.27. The lowest BCUT2D eigenvalue weighted by atomic mass is 9.88. The Bertz CT molecular complexity index is 1420. The van der Waals surface area contributed by atoms with E-state index in [1.165, 1.54) is 11.1 Å². The highest BCUT2D eigenvalue weighted by molar-refractivity contribution is 6.03. The molecule has 0 atom stereocenters. The van der Waals surface area contributed by atoms with Crippen molar-refractivity contribution in [3.63, 3.8) is 0 Å². The lowest BCUT2D eigenvalue weighted by Gasteiger charge is -2.18. The standard InChI is InChI=1S/C31H27N3O2/c35-30(25-14-8-3-9-15-25)21-32-31(36)26-16-17-27-22-34(33-29(27)20-26)19-18-28(23-10-4-1-5-11-23)24-12-6-2-7-13-24/h1-17,20,22,28H,18-19,21H2,(H,32,36). The minimum atomic E-state index is -0.288. The molecule has 1 amide bonds. The first-order chi connectivity index (χ1) is 17.7. The third-order valence-electron chi connectivity index (χ3n) is 6.37. The summed E-state index contributed by atoms with van der Waals surface area (Å²) in [5, 5.41) is 8.42. The van der Waals surface area contributed by atoms with E-state index < -0.39 is 0 Å². The summed E-state index contributed by atoms with van der Waals surface area (Å²) in [6, 6.07) is 35.5. The summed E-state index contributed by atoms with van der Waals surface area (Å²) in [4.78, 5) is 25.0. The van der Waals surface area contributed by atoms with Gasteiger partial charge < -0.3 is 5.32 Å². The number of aryl methyl sites for hydroxylation is 1. The summed E-state index contributed by atoms with van der Waals surface area (Å²) in [5.74, 6) is -0.146. The number of aromatic nitrogens is 2. The molecule has 1 heterocycles. The van der Waals surface area contributed by atoms with Crippen LogP contribution in [0.5, 0.6) is 0 Å². The van der Waals surface area contributed by atoms with E-state index in [-0.39, 0.29) is 24.2 Å². The van der Waals surface area contributed by atoms with Crippen molar-refractivity contribution in [3.05, 3.63) is 138 Å². The highest BCUT2D eigenvalue weighted by atomic mass is 16.2. The quantitative estimate of drug-likeness (QED) is 0.272. The molecule has 0 aliphatic rings. The van der Waals surface area contributed by atoms with E-state index >= 15 is 0 Å². The van der Waals surface area contributed by atoms with Crippen LogP contribution >= 0.6 is 0 Å². The number of ketones is 1. The van der Waals surface area contributed by atoms with Crippen LogP contribution < -0.4 is 5.32 Å². The Morgan fingerprint density at radius 3 is 2.00 bits per heavy atom. The average Bonchev–Trinajstić information content (AvgIpc) is 3.35. The van der Waals surface area contributed by atoms with Crippen LogP contribution in [0.25, 0.3) is 10.9 Å². The van der Waals surface area contributed by atoms with Gasteiger partial charge in [-0.25, -0.2) is 0 Å². The van der Waals surface area contributed by atoms with Gasteiger partial charge in [-0.3, -0.25) is 14.3 Å². The number of hydrogen-bond donors (Lipinski definition) is 1. The molecule has 0 unspecified atom stereocenters. The molecule has 4 aromatic carbocycles. The number of nitrogens with one attached hydrogen (secondary N) is 1. The van der Waals surface area contributed by atoms with Crippen LogP contribution in [-0.4, -0.2) is 28.0 Å². The maximum atomic E-state index is 12.7. The molecular weight excluding hydrogens is 446 g/mol. The van der Waals surface area contributed by atoms with Crippen molar-refractivity contribution in [1.82, 2.24) is 15.1 Å². The number of Topliss-reactive ketones (excluding diaryl/α,β-unsaturated/α-hetero) is 1. The molecule has 0 fully saturated rings. The van der Waals surface area contributed by atoms with E-state index in [0.29, 0.717) is 11.1 Å². The maximum absolute atomic E-state index is 12.7. The fourth-order valence-electron chi connectivity index (χ4n) is 4.47. The molecule has 0 saturated carbocycles. The van der Waals surface area contributed by atoms with Crippen LogP contribution in [0.1, 0.15) is 44.2 Å². The minimum Gasteiger partial charge on any atom is -0.345 e. The molecular formula is C31H27N3O2.